The molecule has 0 aliphatic carbocycles. The van der Waals surface area contributed by atoms with Gasteiger partial charge in [-0.05, 0) is 54.6 Å². The third-order valence-corrected chi connectivity index (χ3v) is 4.50. The average Bonchev–Trinajstić information content (AvgIpc) is 2.73. The lowest BCUT2D eigenvalue weighted by atomic mass is 10.1. The summed E-state index contributed by atoms with van der Waals surface area (Å²) in [4.78, 5) is 6.73. The summed E-state index contributed by atoms with van der Waals surface area (Å²) in [5.74, 6) is 0.949. The van der Waals surface area contributed by atoms with E-state index in [1.54, 1.807) is 6.20 Å². The fraction of sp³-hybridized carbons (Fsp3) is 0.615. The maximum atomic E-state index is 9.57. The third kappa shape index (κ3) is 2.62. The molecule has 1 aromatic heterocycles. The number of anilines is 2. The van der Waals surface area contributed by atoms with Gasteiger partial charge in [-0.2, -0.15) is 0 Å². The zero-order valence-corrected chi connectivity index (χ0v) is 12.4. The number of aromatic nitrogens is 1. The van der Waals surface area contributed by atoms with E-state index in [9.17, 15) is 5.11 Å². The van der Waals surface area contributed by atoms with Crippen LogP contribution in [0.25, 0.3) is 0 Å². The molecule has 0 spiro atoms. The minimum absolute atomic E-state index is 0.274. The van der Waals surface area contributed by atoms with Crippen molar-refractivity contribution in [2.24, 2.45) is 0 Å². The molecule has 18 heavy (non-hydrogen) atoms. The van der Waals surface area contributed by atoms with Gasteiger partial charge in [0.05, 0.1) is 22.5 Å². The van der Waals surface area contributed by atoms with Crippen molar-refractivity contribution in [2.75, 3.05) is 17.2 Å². The second-order valence-electron chi connectivity index (χ2n) is 5.05. The Hall–Kier alpha value is -0.810. The van der Waals surface area contributed by atoms with E-state index in [1.165, 1.54) is 0 Å². The monoisotopic (exact) mass is 313 g/mol. The van der Waals surface area contributed by atoms with Crippen LogP contribution in [0.4, 0.5) is 11.5 Å². The van der Waals surface area contributed by atoms with Crippen molar-refractivity contribution in [1.82, 2.24) is 4.98 Å². The van der Waals surface area contributed by atoms with Gasteiger partial charge in [-0.3, -0.25) is 0 Å². The summed E-state index contributed by atoms with van der Waals surface area (Å²) >= 11 is 3.59. The van der Waals surface area contributed by atoms with Crippen LogP contribution in [-0.4, -0.2) is 28.8 Å². The predicted octanol–water partition coefficient (Wildman–Crippen LogP) is 2.47. The molecule has 0 aromatic carbocycles. The fourth-order valence-electron chi connectivity index (χ4n) is 2.53. The summed E-state index contributed by atoms with van der Waals surface area (Å²) < 4.78 is 0.972. The van der Waals surface area contributed by atoms with E-state index in [0.29, 0.717) is 11.7 Å². The average molecular weight is 314 g/mol. The number of halogens is 1. The van der Waals surface area contributed by atoms with Gasteiger partial charge in [-0.15, -0.1) is 0 Å². The minimum atomic E-state index is -0.274. The molecule has 2 rings (SSSR count). The van der Waals surface area contributed by atoms with Crippen molar-refractivity contribution in [3.63, 3.8) is 0 Å². The summed E-state index contributed by atoms with van der Waals surface area (Å²) in [6.45, 7) is 4.82. The smallest absolute Gasteiger partial charge is 0.143 e. The number of aliphatic hydroxyl groups excluding tert-OH is 1. The van der Waals surface area contributed by atoms with Gasteiger partial charge in [0.25, 0.3) is 0 Å². The van der Waals surface area contributed by atoms with Gasteiger partial charge in [-0.1, -0.05) is 0 Å². The molecular formula is C13H20BrN3O. The Bertz CT molecular complexity index is 436. The minimum Gasteiger partial charge on any atom is -0.397 e. The second kappa shape index (κ2) is 5.45. The van der Waals surface area contributed by atoms with Crippen LogP contribution in [0.15, 0.2) is 10.7 Å². The number of hydrogen-bond donors (Lipinski definition) is 2. The molecule has 1 saturated heterocycles. The lowest BCUT2D eigenvalue weighted by Gasteiger charge is -2.28. The van der Waals surface area contributed by atoms with Crippen molar-refractivity contribution >= 4 is 27.4 Å². The molecule has 0 radical (unpaired) electrons. The molecule has 2 atom stereocenters. The van der Waals surface area contributed by atoms with E-state index in [1.807, 2.05) is 13.8 Å². The summed E-state index contributed by atoms with van der Waals surface area (Å²) in [5, 5.41) is 9.57. The molecule has 0 amide bonds. The summed E-state index contributed by atoms with van der Waals surface area (Å²) in [6, 6.07) is 0.372. The largest absolute Gasteiger partial charge is 0.397 e. The number of aliphatic hydroxyl groups is 1. The van der Waals surface area contributed by atoms with E-state index in [4.69, 9.17) is 5.73 Å². The Morgan fingerprint density at radius 1 is 1.67 bits per heavy atom. The maximum Gasteiger partial charge on any atom is 0.143 e. The Morgan fingerprint density at radius 3 is 3.06 bits per heavy atom. The second-order valence-corrected chi connectivity index (χ2v) is 5.84. The van der Waals surface area contributed by atoms with Crippen LogP contribution in [0, 0.1) is 6.92 Å². The Kier molecular flexibility index (Phi) is 4.12. The van der Waals surface area contributed by atoms with Crippen molar-refractivity contribution in [3.05, 3.63) is 16.2 Å². The number of rotatable bonds is 3. The highest BCUT2D eigenvalue weighted by Gasteiger charge is 2.28. The van der Waals surface area contributed by atoms with Crippen molar-refractivity contribution in [1.29, 1.82) is 0 Å². The predicted molar refractivity (Wildman–Crippen MR) is 77.8 cm³/mol. The molecule has 2 heterocycles. The summed E-state index contributed by atoms with van der Waals surface area (Å²) in [6.07, 6.45) is 4.49. The quantitative estimate of drug-likeness (QED) is 0.900. The highest BCUT2D eigenvalue weighted by molar-refractivity contribution is 9.10. The molecule has 1 aliphatic rings. The highest BCUT2D eigenvalue weighted by atomic mass is 79.9. The first-order valence-corrected chi connectivity index (χ1v) is 7.15. The highest BCUT2D eigenvalue weighted by Crippen LogP contribution is 2.35. The van der Waals surface area contributed by atoms with Crippen LogP contribution in [0.5, 0.6) is 0 Å². The van der Waals surface area contributed by atoms with Gasteiger partial charge in [0.2, 0.25) is 0 Å². The molecule has 5 heteroatoms. The molecule has 100 valence electrons. The lowest BCUT2D eigenvalue weighted by Crippen LogP contribution is -2.32. The number of nitrogens with two attached hydrogens (primary N) is 1. The zero-order chi connectivity index (χ0) is 13.3. The van der Waals surface area contributed by atoms with E-state index >= 15 is 0 Å². The number of nitrogen functional groups attached to an aromatic ring is 1. The SMILES string of the molecule is Cc1c(N)cnc(N2CCCC2CC(C)O)c1Br. The third-order valence-electron chi connectivity index (χ3n) is 3.55. The molecule has 1 aromatic rings. The molecule has 0 saturated carbocycles. The van der Waals surface area contributed by atoms with Gasteiger partial charge in [0.15, 0.2) is 0 Å². The standard InChI is InChI=1S/C13H20BrN3O/c1-8(18)6-10-4-3-5-17(10)13-12(14)9(2)11(15)7-16-13/h7-8,10,18H,3-6,15H2,1-2H3. The topological polar surface area (TPSA) is 62.4 Å². The number of hydrogen-bond acceptors (Lipinski definition) is 4. The first-order valence-electron chi connectivity index (χ1n) is 6.36. The van der Waals surface area contributed by atoms with Gasteiger partial charge >= 0.3 is 0 Å². The summed E-state index contributed by atoms with van der Waals surface area (Å²) in [5.41, 5.74) is 7.59. The summed E-state index contributed by atoms with van der Waals surface area (Å²) in [7, 11) is 0. The van der Waals surface area contributed by atoms with Gasteiger partial charge in [0.1, 0.15) is 5.82 Å². The molecule has 4 nitrogen and oxygen atoms in total. The Morgan fingerprint density at radius 2 is 2.39 bits per heavy atom. The lowest BCUT2D eigenvalue weighted by molar-refractivity contribution is 0.175. The normalized spacial score (nSPS) is 21.3. The number of pyridine rings is 1. The van der Waals surface area contributed by atoms with Gasteiger partial charge in [-0.25, -0.2) is 4.98 Å². The molecule has 3 N–H and O–H groups in total. The number of nitrogens with zero attached hydrogens (tertiary/aromatic N) is 2. The van der Waals surface area contributed by atoms with Crippen LogP contribution in [0.3, 0.4) is 0 Å². The van der Waals surface area contributed by atoms with Crippen LogP contribution >= 0.6 is 15.9 Å². The fourth-order valence-corrected chi connectivity index (χ4v) is 3.09. The van der Waals surface area contributed by atoms with Gasteiger partial charge in [0, 0.05) is 12.6 Å². The molecule has 2 unspecified atom stereocenters. The van der Waals surface area contributed by atoms with Crippen molar-refractivity contribution in [2.45, 2.75) is 45.3 Å². The molecule has 1 aliphatic heterocycles. The van der Waals surface area contributed by atoms with Crippen molar-refractivity contribution < 1.29 is 5.11 Å². The Balaban J connectivity index is 2.28. The van der Waals surface area contributed by atoms with E-state index in [-0.39, 0.29) is 6.10 Å². The van der Waals surface area contributed by atoms with E-state index < -0.39 is 0 Å². The van der Waals surface area contributed by atoms with Crippen LogP contribution < -0.4 is 10.6 Å². The first-order chi connectivity index (χ1) is 8.50. The maximum absolute atomic E-state index is 9.57. The first kappa shape index (κ1) is 13.6. The zero-order valence-electron chi connectivity index (χ0n) is 10.9. The molecular weight excluding hydrogens is 294 g/mol. The van der Waals surface area contributed by atoms with Gasteiger partial charge < -0.3 is 15.7 Å². The van der Waals surface area contributed by atoms with Crippen LogP contribution in [-0.2, 0) is 0 Å². The van der Waals surface area contributed by atoms with Crippen LogP contribution in [0.1, 0.15) is 31.7 Å². The van der Waals surface area contributed by atoms with E-state index in [2.05, 4.69) is 25.8 Å². The Labute approximate surface area is 116 Å². The van der Waals surface area contributed by atoms with Crippen molar-refractivity contribution in [3.8, 4) is 0 Å². The van der Waals surface area contributed by atoms with E-state index in [0.717, 1.165) is 41.7 Å². The molecule has 1 fully saturated rings. The molecule has 0 bridgehead atoms. The van der Waals surface area contributed by atoms with Crippen LogP contribution in [0.2, 0.25) is 0 Å².